The van der Waals surface area contributed by atoms with E-state index in [1.165, 1.54) is 6.92 Å². The molecular weight excluding hydrogens is 202 g/mol. The summed E-state index contributed by atoms with van der Waals surface area (Å²) in [5, 5.41) is 14.6. The van der Waals surface area contributed by atoms with Crippen LogP contribution in [-0.4, -0.2) is 5.66 Å². The second-order valence-electron chi connectivity index (χ2n) is 2.91. The van der Waals surface area contributed by atoms with Crippen LogP contribution in [-0.2, 0) is 0 Å². The highest BCUT2D eigenvalue weighted by Crippen LogP contribution is 2.19. The molecule has 1 aromatic rings. The number of rotatable bonds is 3. The molecule has 0 fully saturated rings. The maximum absolute atomic E-state index is 10.4. The highest BCUT2D eigenvalue weighted by atomic mass is 35.5. The number of hydrogen-bond acceptors (Lipinski definition) is 4. The van der Waals surface area contributed by atoms with Gasteiger partial charge in [0.25, 0.3) is 5.66 Å². The minimum atomic E-state index is -1.45. The molecule has 1 aromatic carbocycles. The lowest BCUT2D eigenvalue weighted by molar-refractivity contribution is 0.685. The van der Waals surface area contributed by atoms with Crippen molar-refractivity contribution in [3.8, 4) is 6.07 Å². The topological polar surface area (TPSA) is 65.2 Å². The fraction of sp³-hybridized carbons (Fsp3) is 0.222. The van der Waals surface area contributed by atoms with Gasteiger partial charge in [0.05, 0.1) is 0 Å². The fourth-order valence-electron chi connectivity index (χ4n) is 0.918. The van der Waals surface area contributed by atoms with Crippen molar-refractivity contribution in [1.82, 2.24) is 0 Å². The quantitative estimate of drug-likeness (QED) is 0.779. The molecule has 0 aliphatic rings. The Labute approximate surface area is 86.5 Å². The molecule has 5 heteroatoms. The number of nitrogens with one attached hydrogen (secondary N) is 1. The van der Waals surface area contributed by atoms with E-state index in [0.29, 0.717) is 10.7 Å². The van der Waals surface area contributed by atoms with Crippen LogP contribution in [0.3, 0.4) is 0 Å². The Hall–Kier alpha value is -1.60. The molecular formula is C9H8ClN3O. The molecule has 0 unspecified atom stereocenters. The fourth-order valence-corrected chi connectivity index (χ4v) is 1.11. The van der Waals surface area contributed by atoms with E-state index in [4.69, 9.17) is 16.9 Å². The van der Waals surface area contributed by atoms with Gasteiger partial charge in [-0.2, -0.15) is 5.26 Å². The zero-order valence-corrected chi connectivity index (χ0v) is 8.25. The van der Waals surface area contributed by atoms with E-state index < -0.39 is 5.66 Å². The summed E-state index contributed by atoms with van der Waals surface area (Å²) in [6.07, 6.45) is 0. The first kappa shape index (κ1) is 10.5. The van der Waals surface area contributed by atoms with Crippen molar-refractivity contribution in [2.24, 2.45) is 5.18 Å². The smallest absolute Gasteiger partial charge is 0.255 e. The van der Waals surface area contributed by atoms with Gasteiger partial charge in [0.1, 0.15) is 6.07 Å². The van der Waals surface area contributed by atoms with Gasteiger partial charge in [0.2, 0.25) is 0 Å². The zero-order chi connectivity index (χ0) is 10.6. The summed E-state index contributed by atoms with van der Waals surface area (Å²) in [4.78, 5) is 10.4. The van der Waals surface area contributed by atoms with Crippen LogP contribution in [0.5, 0.6) is 0 Å². The Morgan fingerprint density at radius 3 is 2.86 bits per heavy atom. The Morgan fingerprint density at radius 2 is 2.36 bits per heavy atom. The normalized spacial score (nSPS) is 13.8. The van der Waals surface area contributed by atoms with Crippen LogP contribution in [0.4, 0.5) is 5.69 Å². The van der Waals surface area contributed by atoms with E-state index in [-0.39, 0.29) is 0 Å². The third-order valence-electron chi connectivity index (χ3n) is 1.61. The molecule has 1 N–H and O–H groups in total. The Balaban J connectivity index is 2.89. The Bertz CT molecular complexity index is 388. The maximum Gasteiger partial charge on any atom is 0.255 e. The third kappa shape index (κ3) is 2.44. The molecule has 0 aliphatic carbocycles. The molecule has 0 saturated heterocycles. The lowest BCUT2D eigenvalue weighted by Crippen LogP contribution is -2.29. The van der Waals surface area contributed by atoms with Crippen molar-refractivity contribution >= 4 is 17.3 Å². The highest BCUT2D eigenvalue weighted by Gasteiger charge is 2.23. The van der Waals surface area contributed by atoms with Crippen molar-refractivity contribution in [2.45, 2.75) is 12.6 Å². The van der Waals surface area contributed by atoms with Crippen LogP contribution >= 0.6 is 11.6 Å². The standard InChI is InChI=1S/C9H8ClN3O/c1-9(6-11,13-14)12-8-4-2-3-7(10)5-8/h2-5,12H,1H3/t9-/m1/s1. The van der Waals surface area contributed by atoms with Gasteiger partial charge in [-0.05, 0) is 30.3 Å². The number of anilines is 1. The Morgan fingerprint density at radius 1 is 1.64 bits per heavy atom. The molecule has 1 rings (SSSR count). The van der Waals surface area contributed by atoms with Crippen LogP contribution in [0.2, 0.25) is 5.02 Å². The molecule has 4 nitrogen and oxygen atoms in total. The van der Waals surface area contributed by atoms with Crippen molar-refractivity contribution in [3.05, 3.63) is 34.2 Å². The molecule has 14 heavy (non-hydrogen) atoms. The highest BCUT2D eigenvalue weighted by molar-refractivity contribution is 6.30. The van der Waals surface area contributed by atoms with Gasteiger partial charge < -0.3 is 5.32 Å². The minimum absolute atomic E-state index is 0.529. The largest absolute Gasteiger partial charge is 0.347 e. The van der Waals surface area contributed by atoms with E-state index in [1.54, 1.807) is 30.3 Å². The second-order valence-corrected chi connectivity index (χ2v) is 3.35. The van der Waals surface area contributed by atoms with E-state index in [0.717, 1.165) is 0 Å². The number of nitriles is 1. The van der Waals surface area contributed by atoms with Gasteiger partial charge in [-0.15, -0.1) is 4.91 Å². The summed E-state index contributed by atoms with van der Waals surface area (Å²) in [5.41, 5.74) is -0.869. The number of nitroso groups, excluding NO2 is 1. The lowest BCUT2D eigenvalue weighted by Gasteiger charge is -2.15. The van der Waals surface area contributed by atoms with Crippen LogP contribution in [0.1, 0.15) is 6.92 Å². The van der Waals surface area contributed by atoms with E-state index >= 15 is 0 Å². The van der Waals surface area contributed by atoms with Gasteiger partial charge in [-0.3, -0.25) is 0 Å². The van der Waals surface area contributed by atoms with Gasteiger partial charge in [0.15, 0.2) is 0 Å². The average Bonchev–Trinajstić information content (AvgIpc) is 2.18. The predicted octanol–water partition coefficient (Wildman–Crippen LogP) is 2.76. The first-order valence-electron chi connectivity index (χ1n) is 3.89. The van der Waals surface area contributed by atoms with Crippen molar-refractivity contribution in [2.75, 3.05) is 5.32 Å². The SMILES string of the molecule is C[C@](C#N)(N=O)Nc1cccc(Cl)c1. The molecule has 0 spiro atoms. The van der Waals surface area contributed by atoms with E-state index in [1.807, 2.05) is 0 Å². The summed E-state index contributed by atoms with van der Waals surface area (Å²) in [6, 6.07) is 8.49. The van der Waals surface area contributed by atoms with Crippen LogP contribution in [0.25, 0.3) is 0 Å². The lowest BCUT2D eigenvalue weighted by atomic mass is 10.2. The summed E-state index contributed by atoms with van der Waals surface area (Å²) < 4.78 is 0. The van der Waals surface area contributed by atoms with Gasteiger partial charge in [0, 0.05) is 10.7 Å². The molecule has 0 amide bonds. The first-order chi connectivity index (χ1) is 6.59. The second kappa shape index (κ2) is 4.07. The number of benzene rings is 1. The molecule has 0 aliphatic heterocycles. The summed E-state index contributed by atoms with van der Waals surface area (Å²) in [6.45, 7) is 1.39. The minimum Gasteiger partial charge on any atom is -0.347 e. The van der Waals surface area contributed by atoms with Crippen molar-refractivity contribution in [1.29, 1.82) is 5.26 Å². The number of halogens is 1. The zero-order valence-electron chi connectivity index (χ0n) is 7.49. The van der Waals surface area contributed by atoms with Gasteiger partial charge >= 0.3 is 0 Å². The molecule has 0 saturated carbocycles. The first-order valence-corrected chi connectivity index (χ1v) is 4.27. The molecule has 0 radical (unpaired) electrons. The molecule has 1 atom stereocenters. The number of hydrogen-bond donors (Lipinski definition) is 1. The van der Waals surface area contributed by atoms with E-state index in [2.05, 4.69) is 10.5 Å². The Kier molecular flexibility index (Phi) is 3.05. The summed E-state index contributed by atoms with van der Waals surface area (Å²) in [7, 11) is 0. The molecule has 0 heterocycles. The van der Waals surface area contributed by atoms with Gasteiger partial charge in [-0.1, -0.05) is 17.7 Å². The van der Waals surface area contributed by atoms with Crippen LogP contribution < -0.4 is 5.32 Å². The van der Waals surface area contributed by atoms with E-state index in [9.17, 15) is 4.91 Å². The average molecular weight is 210 g/mol. The van der Waals surface area contributed by atoms with Crippen molar-refractivity contribution in [3.63, 3.8) is 0 Å². The number of nitrogens with zero attached hydrogens (tertiary/aromatic N) is 2. The van der Waals surface area contributed by atoms with Crippen LogP contribution in [0, 0.1) is 16.2 Å². The summed E-state index contributed by atoms with van der Waals surface area (Å²) >= 11 is 5.73. The van der Waals surface area contributed by atoms with Crippen LogP contribution in [0.15, 0.2) is 29.4 Å². The maximum atomic E-state index is 10.4. The van der Waals surface area contributed by atoms with Gasteiger partial charge in [-0.25, -0.2) is 0 Å². The third-order valence-corrected chi connectivity index (χ3v) is 1.85. The molecule has 72 valence electrons. The predicted molar refractivity (Wildman–Crippen MR) is 54.9 cm³/mol. The molecule has 0 bridgehead atoms. The molecule has 0 aromatic heterocycles. The van der Waals surface area contributed by atoms with Crippen molar-refractivity contribution < 1.29 is 0 Å². The summed E-state index contributed by atoms with van der Waals surface area (Å²) in [5.74, 6) is 0. The monoisotopic (exact) mass is 209 g/mol.